The normalized spacial score (nSPS) is 11.0. The fourth-order valence-corrected chi connectivity index (χ4v) is 2.71. The molecule has 0 aliphatic rings. The van der Waals surface area contributed by atoms with Gasteiger partial charge in [0.15, 0.2) is 17.3 Å². The first kappa shape index (κ1) is 15.1. The van der Waals surface area contributed by atoms with Crippen molar-refractivity contribution in [3.8, 4) is 11.5 Å². The molecule has 0 bridgehead atoms. The summed E-state index contributed by atoms with van der Waals surface area (Å²) < 4.78 is 34.6. The van der Waals surface area contributed by atoms with Gasteiger partial charge in [0, 0.05) is 5.56 Å². The molecule has 110 valence electrons. The van der Waals surface area contributed by atoms with Gasteiger partial charge in [0.05, 0.1) is 7.11 Å². The summed E-state index contributed by atoms with van der Waals surface area (Å²) in [4.78, 5) is 11.2. The van der Waals surface area contributed by atoms with Crippen molar-refractivity contribution in [2.24, 2.45) is 0 Å². The van der Waals surface area contributed by atoms with Crippen LogP contribution in [0.4, 0.5) is 0 Å². The highest BCUT2D eigenvalue weighted by atomic mass is 32.2. The van der Waals surface area contributed by atoms with Gasteiger partial charge in [-0.1, -0.05) is 24.3 Å². The molecular weight excluding hydrogens is 292 g/mol. The number of ether oxygens (including phenoxy) is 1. The van der Waals surface area contributed by atoms with Gasteiger partial charge in [-0.2, -0.15) is 8.42 Å². The van der Waals surface area contributed by atoms with Crippen LogP contribution in [-0.2, 0) is 10.1 Å². The molecule has 0 radical (unpaired) electrons. The van der Waals surface area contributed by atoms with E-state index in [1.54, 1.807) is 24.3 Å². The van der Waals surface area contributed by atoms with Crippen LogP contribution in [0, 0.1) is 0 Å². The van der Waals surface area contributed by atoms with E-state index in [2.05, 4.69) is 0 Å². The van der Waals surface area contributed by atoms with Crippen molar-refractivity contribution >= 4 is 15.9 Å². The van der Waals surface area contributed by atoms with Gasteiger partial charge >= 0.3 is 10.1 Å². The minimum absolute atomic E-state index is 0.0823. The third-order valence-electron chi connectivity index (χ3n) is 2.80. The Hall–Kier alpha value is -2.34. The second-order valence-corrected chi connectivity index (χ2v) is 5.82. The fraction of sp³-hybridized carbons (Fsp3) is 0.133. The second-order valence-electron chi connectivity index (χ2n) is 4.27. The van der Waals surface area contributed by atoms with Crippen molar-refractivity contribution in [2.75, 3.05) is 7.11 Å². The molecule has 0 saturated carbocycles. The Morgan fingerprint density at radius 3 is 2.29 bits per heavy atom. The number of rotatable bonds is 5. The topological polar surface area (TPSA) is 69.7 Å². The van der Waals surface area contributed by atoms with Gasteiger partial charge in [0.25, 0.3) is 0 Å². The van der Waals surface area contributed by atoms with E-state index in [1.165, 1.54) is 38.3 Å². The van der Waals surface area contributed by atoms with Crippen LogP contribution in [0.1, 0.15) is 17.3 Å². The molecule has 5 nitrogen and oxygen atoms in total. The average molecular weight is 306 g/mol. The average Bonchev–Trinajstić information content (AvgIpc) is 2.47. The molecule has 0 spiro atoms. The summed E-state index contributed by atoms with van der Waals surface area (Å²) in [6, 6.07) is 12.1. The van der Waals surface area contributed by atoms with Crippen LogP contribution in [0.2, 0.25) is 0 Å². The highest BCUT2D eigenvalue weighted by molar-refractivity contribution is 7.87. The number of benzene rings is 2. The molecule has 0 amide bonds. The van der Waals surface area contributed by atoms with Crippen LogP contribution < -0.4 is 8.92 Å². The maximum atomic E-state index is 12.3. The van der Waals surface area contributed by atoms with E-state index in [-0.39, 0.29) is 16.4 Å². The van der Waals surface area contributed by atoms with Gasteiger partial charge in [-0.05, 0) is 31.2 Å². The molecule has 21 heavy (non-hydrogen) atoms. The zero-order valence-electron chi connectivity index (χ0n) is 11.6. The highest BCUT2D eigenvalue weighted by Crippen LogP contribution is 2.29. The van der Waals surface area contributed by atoms with Crippen molar-refractivity contribution in [3.05, 3.63) is 54.1 Å². The van der Waals surface area contributed by atoms with E-state index >= 15 is 0 Å². The minimum Gasteiger partial charge on any atom is -0.493 e. The van der Waals surface area contributed by atoms with Gasteiger partial charge in [-0.15, -0.1) is 0 Å². The molecule has 0 aromatic heterocycles. The lowest BCUT2D eigenvalue weighted by molar-refractivity contribution is 0.101. The van der Waals surface area contributed by atoms with Gasteiger partial charge in [-0.3, -0.25) is 4.79 Å². The molecule has 0 atom stereocenters. The zero-order valence-corrected chi connectivity index (χ0v) is 12.4. The second kappa shape index (κ2) is 5.97. The Kier molecular flexibility index (Phi) is 4.28. The van der Waals surface area contributed by atoms with Crippen LogP contribution in [0.3, 0.4) is 0 Å². The maximum absolute atomic E-state index is 12.3. The first-order valence-corrected chi connectivity index (χ1v) is 7.53. The quantitative estimate of drug-likeness (QED) is 0.627. The van der Waals surface area contributed by atoms with Gasteiger partial charge in [0.1, 0.15) is 4.90 Å². The van der Waals surface area contributed by atoms with E-state index in [9.17, 15) is 13.2 Å². The molecule has 0 aliphatic carbocycles. The third kappa shape index (κ3) is 3.41. The largest absolute Gasteiger partial charge is 0.493 e. The van der Waals surface area contributed by atoms with Crippen molar-refractivity contribution in [1.29, 1.82) is 0 Å². The van der Waals surface area contributed by atoms with E-state index in [0.717, 1.165) is 0 Å². The van der Waals surface area contributed by atoms with Gasteiger partial charge < -0.3 is 8.92 Å². The lowest BCUT2D eigenvalue weighted by atomic mass is 10.2. The lowest BCUT2D eigenvalue weighted by Gasteiger charge is -2.10. The van der Waals surface area contributed by atoms with Crippen molar-refractivity contribution in [2.45, 2.75) is 11.8 Å². The van der Waals surface area contributed by atoms with Crippen molar-refractivity contribution in [1.82, 2.24) is 0 Å². The summed E-state index contributed by atoms with van der Waals surface area (Å²) >= 11 is 0. The standard InChI is InChI=1S/C15H14O5S/c1-11(16)12-6-5-7-13(10-12)21(17,18)20-15-9-4-3-8-14(15)19-2/h3-10H,1-2H3. The number of carbonyl (C=O) groups is 1. The van der Waals surface area contributed by atoms with E-state index < -0.39 is 10.1 Å². The first-order chi connectivity index (χ1) is 9.94. The smallest absolute Gasteiger partial charge is 0.339 e. The Morgan fingerprint density at radius 1 is 1.00 bits per heavy atom. The monoisotopic (exact) mass is 306 g/mol. The number of para-hydroxylation sites is 2. The van der Waals surface area contributed by atoms with Gasteiger partial charge in [-0.25, -0.2) is 0 Å². The summed E-state index contributed by atoms with van der Waals surface area (Å²) in [5.41, 5.74) is 0.305. The molecular formula is C15H14O5S. The number of hydrogen-bond acceptors (Lipinski definition) is 5. The van der Waals surface area contributed by atoms with E-state index in [4.69, 9.17) is 8.92 Å². The maximum Gasteiger partial charge on any atom is 0.339 e. The Bertz CT molecular complexity index is 765. The third-order valence-corrected chi connectivity index (χ3v) is 4.03. The molecule has 2 rings (SSSR count). The molecule has 0 N–H and O–H groups in total. The number of carbonyl (C=O) groups excluding carboxylic acids is 1. The van der Waals surface area contributed by atoms with E-state index in [0.29, 0.717) is 11.3 Å². The summed E-state index contributed by atoms with van der Waals surface area (Å²) in [6.45, 7) is 1.37. The highest BCUT2D eigenvalue weighted by Gasteiger charge is 2.19. The molecule has 6 heteroatoms. The number of methoxy groups -OCH3 is 1. The Labute approximate surface area is 123 Å². The molecule has 0 fully saturated rings. The first-order valence-electron chi connectivity index (χ1n) is 6.12. The molecule has 2 aromatic carbocycles. The molecule has 0 heterocycles. The zero-order chi connectivity index (χ0) is 15.5. The minimum atomic E-state index is -4.03. The van der Waals surface area contributed by atoms with Gasteiger partial charge in [0.2, 0.25) is 0 Å². The summed E-state index contributed by atoms with van der Waals surface area (Å²) in [5.74, 6) is 0.182. The van der Waals surface area contributed by atoms with Crippen LogP contribution >= 0.6 is 0 Å². The Balaban J connectivity index is 2.39. The number of hydrogen-bond donors (Lipinski definition) is 0. The summed E-state index contributed by atoms with van der Waals surface area (Å²) in [6.07, 6.45) is 0. The van der Waals surface area contributed by atoms with Crippen LogP contribution in [0.15, 0.2) is 53.4 Å². The SMILES string of the molecule is COc1ccccc1OS(=O)(=O)c1cccc(C(C)=O)c1. The van der Waals surface area contributed by atoms with Crippen LogP contribution in [-0.4, -0.2) is 21.3 Å². The number of ketones is 1. The lowest BCUT2D eigenvalue weighted by Crippen LogP contribution is -2.11. The van der Waals surface area contributed by atoms with Crippen LogP contribution in [0.5, 0.6) is 11.5 Å². The van der Waals surface area contributed by atoms with Crippen molar-refractivity contribution < 1.29 is 22.1 Å². The predicted molar refractivity (Wildman–Crippen MR) is 77.3 cm³/mol. The summed E-state index contributed by atoms with van der Waals surface area (Å²) in [5, 5.41) is 0. The molecule has 0 aliphatic heterocycles. The summed E-state index contributed by atoms with van der Waals surface area (Å²) in [7, 11) is -2.61. The molecule has 0 unspecified atom stereocenters. The Morgan fingerprint density at radius 2 is 1.67 bits per heavy atom. The fourth-order valence-electron chi connectivity index (χ4n) is 1.72. The van der Waals surface area contributed by atoms with Crippen LogP contribution in [0.25, 0.3) is 0 Å². The van der Waals surface area contributed by atoms with Crippen molar-refractivity contribution in [3.63, 3.8) is 0 Å². The molecule has 0 saturated heterocycles. The predicted octanol–water partition coefficient (Wildman–Crippen LogP) is 2.67. The molecule has 2 aromatic rings. The number of Topliss-reactive ketones (excluding diaryl/α,β-unsaturated/α-hetero) is 1. The van der Waals surface area contributed by atoms with E-state index in [1.807, 2.05) is 0 Å².